The van der Waals surface area contributed by atoms with Crippen LogP contribution in [-0.2, 0) is 73.5 Å². The Labute approximate surface area is 386 Å². The summed E-state index contributed by atoms with van der Waals surface area (Å²) in [5.74, 6) is -0.0823. The van der Waals surface area contributed by atoms with Crippen molar-refractivity contribution in [3.8, 4) is 11.5 Å². The van der Waals surface area contributed by atoms with Gasteiger partial charge in [-0.15, -0.1) is 0 Å². The number of hydrogen-bond acceptors (Lipinski definition) is 9. The van der Waals surface area contributed by atoms with Crippen LogP contribution in [0.25, 0.3) is 22.1 Å². The van der Waals surface area contributed by atoms with Crippen LogP contribution in [0.3, 0.4) is 0 Å². The van der Waals surface area contributed by atoms with Crippen molar-refractivity contribution in [2.24, 2.45) is 9.98 Å². The van der Waals surface area contributed by atoms with E-state index in [0.717, 1.165) is 33.3 Å². The molecule has 0 aliphatic heterocycles. The molecule has 0 fully saturated rings. The minimum Gasteiger partial charge on any atom is -0.872 e. The molecule has 1 aromatic heterocycles. The van der Waals surface area contributed by atoms with Crippen LogP contribution in [0.15, 0.2) is 70.6 Å². The molecule has 0 N–H and O–H groups in total. The molecule has 4 aromatic carbocycles. The van der Waals surface area contributed by atoms with Gasteiger partial charge < -0.3 is 10.2 Å². The van der Waals surface area contributed by atoms with Crippen LogP contribution in [0.4, 0.5) is 11.4 Å². The van der Waals surface area contributed by atoms with E-state index in [1.165, 1.54) is 0 Å². The number of rotatable bonds is 4. The summed E-state index contributed by atoms with van der Waals surface area (Å²) >= 11 is 0. The summed E-state index contributed by atoms with van der Waals surface area (Å²) in [6.07, 6.45) is 13.1. The first kappa shape index (κ1) is 55.5. The molecule has 5 rings (SSSR count). The van der Waals surface area contributed by atoms with Gasteiger partial charge in [0.15, 0.2) is 0 Å². The predicted octanol–water partition coefficient (Wildman–Crippen LogP) is 9.60. The molecule has 9 nitrogen and oxygen atoms in total. The first-order valence-electron chi connectivity index (χ1n) is 19.6. The van der Waals surface area contributed by atoms with Gasteiger partial charge in [0.25, 0.3) is 0 Å². The van der Waals surface area contributed by atoms with Gasteiger partial charge in [0.05, 0.1) is 33.4 Å². The predicted molar refractivity (Wildman–Crippen MR) is 258 cm³/mol. The summed E-state index contributed by atoms with van der Waals surface area (Å²) in [5, 5.41) is 27.5. The molecule has 1 heterocycles. The smallest absolute Gasteiger partial charge is 0.872 e. The van der Waals surface area contributed by atoms with Gasteiger partial charge in [0.1, 0.15) is 0 Å². The molecule has 0 spiro atoms. The van der Waals surface area contributed by atoms with E-state index >= 15 is 0 Å². The third-order valence-electron chi connectivity index (χ3n) is 8.70. The van der Waals surface area contributed by atoms with Gasteiger partial charge in [-0.2, -0.15) is 0 Å². The first-order chi connectivity index (χ1) is 27.3. The van der Waals surface area contributed by atoms with Gasteiger partial charge in [-0.05, 0) is 79.3 Å². The Bertz CT molecular complexity index is 2230. The molecule has 5 aromatic rings. The van der Waals surface area contributed by atoms with Gasteiger partial charge in [-0.25, -0.2) is 9.97 Å². The second kappa shape index (κ2) is 22.7. The largest absolute Gasteiger partial charge is 2.00 e. The van der Waals surface area contributed by atoms with Gasteiger partial charge in [-0.1, -0.05) is 131 Å². The van der Waals surface area contributed by atoms with E-state index in [1.807, 2.05) is 60.7 Å². The standard InChI is InChI=1S/C42H50N4O2.3C2H6OS.Zn/c1-39(2,3)27-17-25(37(47)29(19-27)41(7,8)9)23-43-33-21-35-36(46-32-16-14-13-15-31(32)45-35)22-34(33)44-24-26-18-28(40(4,5)6)20-30(38(26)48)42(10,11)12;3*1-4(2)3;/h13-24,47-48H,1-12H3;3*1-2H3;/q;;;;+2/p-2. The van der Waals surface area contributed by atoms with Crippen molar-refractivity contribution in [2.45, 2.75) is 105 Å². The zero-order valence-corrected chi connectivity index (χ0v) is 45.1. The summed E-state index contributed by atoms with van der Waals surface area (Å²) in [6.45, 7) is 25.2. The fraction of sp³-hybridized carbons (Fsp3) is 0.458. The summed E-state index contributed by atoms with van der Waals surface area (Å²) in [7, 11) is -1.83. The first-order valence-corrected chi connectivity index (χ1v) is 25.5. The molecule has 0 unspecified atom stereocenters. The van der Waals surface area contributed by atoms with E-state index in [4.69, 9.17) is 20.0 Å². The molecule has 0 saturated carbocycles. The Morgan fingerprint density at radius 2 is 0.754 bits per heavy atom. The zero-order valence-electron chi connectivity index (χ0n) is 39.7. The Hall–Kier alpha value is -3.51. The van der Waals surface area contributed by atoms with Crippen LogP contribution < -0.4 is 10.2 Å². The summed E-state index contributed by atoms with van der Waals surface area (Å²) in [4.78, 5) is 19.5. The second-order valence-electron chi connectivity index (χ2n) is 19.2. The molecule has 0 radical (unpaired) electrons. The molecule has 328 valence electrons. The van der Waals surface area contributed by atoms with Crippen LogP contribution in [0, 0.1) is 0 Å². The Kier molecular flexibility index (Phi) is 20.7. The zero-order chi connectivity index (χ0) is 46.1. The summed E-state index contributed by atoms with van der Waals surface area (Å²) in [5.41, 5.74) is 7.61. The molecule has 0 aliphatic carbocycles. The van der Waals surface area contributed by atoms with E-state index in [9.17, 15) is 22.8 Å². The molecule has 13 heteroatoms. The maximum Gasteiger partial charge on any atom is 2.00 e. The number of benzene rings is 4. The molecule has 0 aliphatic rings. The van der Waals surface area contributed by atoms with Crippen LogP contribution in [0.5, 0.6) is 11.5 Å². The molecule has 0 amide bonds. The van der Waals surface area contributed by atoms with Crippen molar-refractivity contribution in [1.29, 1.82) is 0 Å². The minimum absolute atomic E-state index is 0. The normalized spacial score (nSPS) is 12.3. The molecule has 0 saturated heterocycles. The maximum absolute atomic E-state index is 13.8. The molecular weight excluding hydrogens is 874 g/mol. The van der Waals surface area contributed by atoms with E-state index in [2.05, 4.69) is 83.1 Å². The SMILES string of the molecule is CC(C)(C)c1cc(C=Nc2cc3nc4ccccc4nc3cc2N=Cc2cc(C(C)(C)C)cc(C(C)(C)C)c2[O-])c([O-])c(C(C)(C)C)c1.CS(C)=O.CS(C)=O.CS(C)=O.[Zn+2]. The van der Waals surface area contributed by atoms with Crippen LogP contribution in [0.1, 0.15) is 116 Å². The number of aliphatic imine (C=N–C) groups is 2. The van der Waals surface area contributed by atoms with E-state index < -0.39 is 32.4 Å². The summed E-state index contributed by atoms with van der Waals surface area (Å²) in [6, 6.07) is 19.4. The third kappa shape index (κ3) is 17.6. The van der Waals surface area contributed by atoms with Gasteiger partial charge in [0, 0.05) is 82.4 Å². The fourth-order valence-electron chi connectivity index (χ4n) is 5.61. The second-order valence-corrected chi connectivity index (χ2v) is 23.6. The summed E-state index contributed by atoms with van der Waals surface area (Å²) < 4.78 is 28.7. The third-order valence-corrected chi connectivity index (χ3v) is 8.70. The minimum atomic E-state index is -0.611. The van der Waals surface area contributed by atoms with Crippen molar-refractivity contribution in [2.75, 3.05) is 37.5 Å². The monoisotopic (exact) mass is 938 g/mol. The molecule has 61 heavy (non-hydrogen) atoms. The quantitative estimate of drug-likeness (QED) is 0.0991. The molecular formula is C48H66N4O5S3Zn. The maximum atomic E-state index is 13.8. The fourth-order valence-corrected chi connectivity index (χ4v) is 5.61. The van der Waals surface area contributed by atoms with Crippen molar-refractivity contribution >= 4 is 78.3 Å². The van der Waals surface area contributed by atoms with Crippen LogP contribution >= 0.6 is 0 Å². The average Bonchev–Trinajstić information content (AvgIpc) is 3.07. The van der Waals surface area contributed by atoms with E-state index in [0.29, 0.717) is 33.5 Å². The van der Waals surface area contributed by atoms with Gasteiger partial charge in [0.2, 0.25) is 0 Å². The van der Waals surface area contributed by atoms with Crippen molar-refractivity contribution in [3.05, 3.63) is 94.0 Å². The number of nitrogens with zero attached hydrogens (tertiary/aromatic N) is 4. The van der Waals surface area contributed by atoms with Gasteiger partial charge >= 0.3 is 19.5 Å². The van der Waals surface area contributed by atoms with Gasteiger partial charge in [-0.3, -0.25) is 22.6 Å². The van der Waals surface area contributed by atoms with Crippen molar-refractivity contribution < 1.29 is 42.3 Å². The number of aromatic nitrogens is 2. The number of hydrogen-bond donors (Lipinski definition) is 0. The Balaban J connectivity index is 0.00000127. The topological polar surface area (TPSA) is 148 Å². The van der Waals surface area contributed by atoms with E-state index in [1.54, 1.807) is 50.0 Å². The van der Waals surface area contributed by atoms with Crippen LogP contribution in [-0.4, -0.2) is 72.6 Å². The molecule has 0 bridgehead atoms. The average molecular weight is 941 g/mol. The number of para-hydroxylation sites is 2. The van der Waals surface area contributed by atoms with E-state index in [-0.39, 0.29) is 52.6 Å². The molecule has 0 atom stereocenters. The van der Waals surface area contributed by atoms with Crippen molar-refractivity contribution in [1.82, 2.24) is 9.97 Å². The van der Waals surface area contributed by atoms with Crippen LogP contribution in [0.2, 0.25) is 0 Å². The Morgan fingerprint density at radius 1 is 0.475 bits per heavy atom. The Morgan fingerprint density at radius 3 is 1.00 bits per heavy atom. The number of fused-ring (bicyclic) bond motifs is 2. The van der Waals surface area contributed by atoms with Crippen molar-refractivity contribution in [3.63, 3.8) is 0 Å².